The largest absolute Gasteiger partial charge is 0.316 e. The molecule has 0 bridgehead atoms. The monoisotopic (exact) mass is 296 g/mol. The molecule has 6 heteroatoms. The van der Waals surface area contributed by atoms with Crippen molar-refractivity contribution in [3.8, 4) is 0 Å². The van der Waals surface area contributed by atoms with E-state index in [0.29, 0.717) is 5.17 Å². The molecule has 1 N–H and O–H groups in total. The summed E-state index contributed by atoms with van der Waals surface area (Å²) in [4.78, 5) is 1.92. The number of para-hydroxylation sites is 1. The van der Waals surface area contributed by atoms with Crippen LogP contribution in [0.25, 0.3) is 0 Å². The molecule has 0 aliphatic carbocycles. The maximum atomic E-state index is 11.8. The molecule has 1 aromatic rings. The van der Waals surface area contributed by atoms with Crippen molar-refractivity contribution in [3.05, 3.63) is 29.3 Å². The second-order valence-corrected chi connectivity index (χ2v) is 8.60. The summed E-state index contributed by atoms with van der Waals surface area (Å²) < 4.78 is 23.6. The highest BCUT2D eigenvalue weighted by Gasteiger charge is 2.49. The van der Waals surface area contributed by atoms with Gasteiger partial charge in [-0.1, -0.05) is 30.0 Å². The number of anilines is 1. The van der Waals surface area contributed by atoms with Gasteiger partial charge in [0.2, 0.25) is 0 Å². The maximum absolute atomic E-state index is 11.8. The Balaban J connectivity index is 2.07. The fraction of sp³-hybridized carbons (Fsp3) is 0.462. The van der Waals surface area contributed by atoms with Crippen LogP contribution in [0.5, 0.6) is 0 Å². The van der Waals surface area contributed by atoms with Crippen LogP contribution in [0.1, 0.15) is 11.1 Å². The van der Waals surface area contributed by atoms with Crippen LogP contribution in [-0.4, -0.2) is 36.4 Å². The van der Waals surface area contributed by atoms with E-state index in [1.165, 1.54) is 11.8 Å². The van der Waals surface area contributed by atoms with Crippen LogP contribution in [-0.2, 0) is 9.84 Å². The number of amidine groups is 1. The topological polar surface area (TPSA) is 61.2 Å². The van der Waals surface area contributed by atoms with Gasteiger partial charge in [0.05, 0.1) is 17.5 Å². The first-order chi connectivity index (χ1) is 8.89. The molecule has 4 nitrogen and oxygen atoms in total. The summed E-state index contributed by atoms with van der Waals surface area (Å²) in [6.07, 6.45) is 0. The van der Waals surface area contributed by atoms with E-state index in [2.05, 4.69) is 0 Å². The van der Waals surface area contributed by atoms with Crippen LogP contribution in [0.4, 0.5) is 5.69 Å². The standard InChI is InChI=1S/C13H16N2O2S2/c1-8-4-3-5-9(2)12(8)15-10-6-19(16,17)7-11(10)18-13(15)14/h3-5,10-11,14H,6-7H2,1-2H3/t10-,11+/m0/s1. The van der Waals surface area contributed by atoms with E-state index < -0.39 is 9.84 Å². The third-order valence-electron chi connectivity index (χ3n) is 3.77. The zero-order chi connectivity index (χ0) is 13.8. The second kappa shape index (κ2) is 4.24. The Morgan fingerprint density at radius 2 is 1.89 bits per heavy atom. The molecule has 1 aromatic carbocycles. The van der Waals surface area contributed by atoms with Gasteiger partial charge >= 0.3 is 0 Å². The van der Waals surface area contributed by atoms with Crippen molar-refractivity contribution in [2.45, 2.75) is 25.1 Å². The summed E-state index contributed by atoms with van der Waals surface area (Å²) in [6.45, 7) is 4.02. The molecule has 0 spiro atoms. The van der Waals surface area contributed by atoms with Gasteiger partial charge in [-0.25, -0.2) is 8.42 Å². The van der Waals surface area contributed by atoms with Crippen molar-refractivity contribution < 1.29 is 8.42 Å². The van der Waals surface area contributed by atoms with Gasteiger partial charge in [-0.2, -0.15) is 0 Å². The highest BCUT2D eigenvalue weighted by molar-refractivity contribution is 8.15. The minimum absolute atomic E-state index is 0.0107. The number of hydrogen-bond donors (Lipinski definition) is 1. The number of benzene rings is 1. The summed E-state index contributed by atoms with van der Waals surface area (Å²) in [5.41, 5.74) is 3.19. The van der Waals surface area contributed by atoms with Gasteiger partial charge in [-0.15, -0.1) is 0 Å². The average Bonchev–Trinajstić information content (AvgIpc) is 2.71. The molecule has 2 saturated heterocycles. The number of nitrogens with one attached hydrogen (secondary N) is 1. The normalized spacial score (nSPS) is 28.7. The molecule has 0 aromatic heterocycles. The number of fused-ring (bicyclic) bond motifs is 1. The molecule has 0 radical (unpaired) electrons. The number of sulfone groups is 1. The lowest BCUT2D eigenvalue weighted by atomic mass is 10.1. The van der Waals surface area contributed by atoms with Crippen molar-refractivity contribution in [2.75, 3.05) is 16.4 Å². The Morgan fingerprint density at radius 1 is 1.26 bits per heavy atom. The van der Waals surface area contributed by atoms with E-state index in [1.807, 2.05) is 36.9 Å². The fourth-order valence-electron chi connectivity index (χ4n) is 2.95. The van der Waals surface area contributed by atoms with Crippen LogP contribution in [0, 0.1) is 19.3 Å². The van der Waals surface area contributed by atoms with Crippen molar-refractivity contribution in [1.29, 1.82) is 5.41 Å². The number of nitrogens with zero attached hydrogens (tertiary/aromatic N) is 1. The van der Waals surface area contributed by atoms with Gasteiger partial charge < -0.3 is 4.90 Å². The summed E-state index contributed by atoms with van der Waals surface area (Å²) in [5, 5.41) is 8.64. The third kappa shape index (κ3) is 2.07. The Bertz CT molecular complexity index is 634. The van der Waals surface area contributed by atoms with Gasteiger partial charge in [-0.05, 0) is 25.0 Å². The lowest BCUT2D eigenvalue weighted by Crippen LogP contribution is -2.38. The first-order valence-corrected chi connectivity index (χ1v) is 8.90. The fourth-order valence-corrected chi connectivity index (χ4v) is 6.73. The summed E-state index contributed by atoms with van der Waals surface area (Å²) in [6, 6.07) is 5.93. The highest BCUT2D eigenvalue weighted by atomic mass is 32.2. The van der Waals surface area contributed by atoms with Crippen LogP contribution in [0.3, 0.4) is 0 Å². The van der Waals surface area contributed by atoms with Gasteiger partial charge in [0.1, 0.15) is 0 Å². The molecule has 3 rings (SSSR count). The van der Waals surface area contributed by atoms with Crippen LogP contribution in [0.15, 0.2) is 18.2 Å². The molecule has 19 heavy (non-hydrogen) atoms. The number of hydrogen-bond acceptors (Lipinski definition) is 4. The summed E-state index contributed by atoms with van der Waals surface area (Å²) >= 11 is 1.39. The van der Waals surface area contributed by atoms with Gasteiger partial charge in [0.25, 0.3) is 0 Å². The minimum atomic E-state index is -2.95. The first-order valence-electron chi connectivity index (χ1n) is 6.20. The van der Waals surface area contributed by atoms with Crippen molar-refractivity contribution in [1.82, 2.24) is 0 Å². The molecule has 102 valence electrons. The Hall–Kier alpha value is -1.01. The maximum Gasteiger partial charge on any atom is 0.161 e. The van der Waals surface area contributed by atoms with E-state index >= 15 is 0 Å². The highest BCUT2D eigenvalue weighted by Crippen LogP contribution is 2.42. The minimum Gasteiger partial charge on any atom is -0.316 e. The summed E-state index contributed by atoms with van der Waals surface area (Å²) in [7, 11) is -2.95. The zero-order valence-electron chi connectivity index (χ0n) is 10.9. The molecule has 0 unspecified atom stereocenters. The van der Waals surface area contributed by atoms with Crippen molar-refractivity contribution in [3.63, 3.8) is 0 Å². The Labute approximate surface area is 117 Å². The van der Waals surface area contributed by atoms with Crippen LogP contribution >= 0.6 is 11.8 Å². The van der Waals surface area contributed by atoms with E-state index in [9.17, 15) is 8.42 Å². The van der Waals surface area contributed by atoms with E-state index in [4.69, 9.17) is 5.41 Å². The second-order valence-electron chi connectivity index (χ2n) is 5.22. The number of aryl methyl sites for hydroxylation is 2. The van der Waals surface area contributed by atoms with Gasteiger partial charge in [0, 0.05) is 10.9 Å². The van der Waals surface area contributed by atoms with E-state index in [1.54, 1.807) is 0 Å². The Kier molecular flexibility index (Phi) is 2.90. The molecule has 2 atom stereocenters. The van der Waals surface area contributed by atoms with E-state index in [0.717, 1.165) is 16.8 Å². The molecule has 0 amide bonds. The summed E-state index contributed by atoms with van der Waals surface area (Å²) in [5.74, 6) is 0.368. The van der Waals surface area contributed by atoms with Crippen molar-refractivity contribution in [2.24, 2.45) is 0 Å². The number of thioether (sulfide) groups is 1. The molecule has 0 saturated carbocycles. The molecule has 2 heterocycles. The smallest absolute Gasteiger partial charge is 0.161 e. The first kappa shape index (κ1) is 13.0. The Morgan fingerprint density at radius 3 is 2.53 bits per heavy atom. The molecular weight excluding hydrogens is 280 g/mol. The quantitative estimate of drug-likeness (QED) is 0.860. The lowest BCUT2D eigenvalue weighted by Gasteiger charge is -2.27. The molecule has 2 fully saturated rings. The van der Waals surface area contributed by atoms with Crippen LogP contribution < -0.4 is 4.90 Å². The van der Waals surface area contributed by atoms with Crippen LogP contribution in [0.2, 0.25) is 0 Å². The average molecular weight is 296 g/mol. The molecular formula is C13H16N2O2S2. The molecule has 2 aliphatic rings. The van der Waals surface area contributed by atoms with Gasteiger partial charge in [-0.3, -0.25) is 5.41 Å². The molecule has 2 aliphatic heterocycles. The van der Waals surface area contributed by atoms with E-state index in [-0.39, 0.29) is 22.8 Å². The SMILES string of the molecule is Cc1cccc(C)c1N1C(=N)S[C@@H]2CS(=O)(=O)C[C@@H]21. The van der Waals surface area contributed by atoms with Gasteiger partial charge in [0.15, 0.2) is 15.0 Å². The lowest BCUT2D eigenvalue weighted by molar-refractivity contribution is 0.601. The predicted octanol–water partition coefficient (Wildman–Crippen LogP) is 1.96. The third-order valence-corrected chi connectivity index (χ3v) is 6.90. The number of rotatable bonds is 1. The zero-order valence-corrected chi connectivity index (χ0v) is 12.5. The predicted molar refractivity (Wildman–Crippen MR) is 79.9 cm³/mol. The van der Waals surface area contributed by atoms with Crippen molar-refractivity contribution >= 4 is 32.5 Å².